The van der Waals surface area contributed by atoms with Crippen molar-refractivity contribution < 1.29 is 28.2 Å². The first kappa shape index (κ1) is 24.4. The number of carbonyl (C=O) groups excluding carboxylic acids is 2. The Morgan fingerprint density at radius 3 is 2.49 bits per heavy atom. The van der Waals surface area contributed by atoms with Gasteiger partial charge in [-0.25, -0.2) is 9.80 Å². The minimum atomic E-state index is -0.811. The molecule has 2 aliphatic heterocycles. The number of hydrazine groups is 1. The average molecular weight is 526 g/mol. The fraction of sp³-hybridized carbons (Fsp3) is 0.200. The number of anilines is 3. The fourth-order valence-electron chi connectivity index (χ4n) is 5.14. The smallest absolute Gasteiger partial charge is 0.346 e. The third-order valence-corrected chi connectivity index (χ3v) is 7.01. The van der Waals surface area contributed by atoms with Crippen LogP contribution in [0.25, 0.3) is 11.1 Å². The highest BCUT2D eigenvalue weighted by molar-refractivity contribution is 6.12. The van der Waals surface area contributed by atoms with Crippen LogP contribution in [-0.4, -0.2) is 31.6 Å². The number of carbonyl (C=O) groups is 2. The van der Waals surface area contributed by atoms with E-state index >= 15 is 0 Å². The van der Waals surface area contributed by atoms with Gasteiger partial charge in [0.2, 0.25) is 0 Å². The zero-order valence-electron chi connectivity index (χ0n) is 22.0. The van der Waals surface area contributed by atoms with Crippen molar-refractivity contribution in [1.29, 1.82) is 0 Å². The number of hydrogen-bond acceptors (Lipinski definition) is 8. The largest absolute Gasteiger partial charge is 0.496 e. The highest BCUT2D eigenvalue weighted by Gasteiger charge is 2.47. The number of nitrogens with one attached hydrogen (secondary N) is 1. The first-order valence-electron chi connectivity index (χ1n) is 12.4. The Kier molecular flexibility index (Phi) is 5.71. The lowest BCUT2D eigenvalue weighted by Crippen LogP contribution is -2.57. The van der Waals surface area contributed by atoms with Crippen LogP contribution in [0.4, 0.5) is 17.1 Å². The molecule has 0 radical (unpaired) electrons. The Bertz CT molecular complexity index is 1590. The minimum Gasteiger partial charge on any atom is -0.496 e. The first-order valence-corrected chi connectivity index (χ1v) is 12.4. The quantitative estimate of drug-likeness (QED) is 0.255. The standard InChI is InChI=1S/C30H27N3O6/c1-30(2)29(35)33-27-22(16-32(33)24-7-5-6-8-25(24)36-3)20(11-12-23(27)31-30)21-10-9-19(15-26(21)37-4)39-28(34)18-13-14-38-17-18/h5-15,17,31H,16H2,1-4H3. The molecule has 0 atom stereocenters. The van der Waals surface area contributed by atoms with Gasteiger partial charge in [-0.1, -0.05) is 18.2 Å². The number of hydrogen-bond donors (Lipinski definition) is 1. The summed E-state index contributed by atoms with van der Waals surface area (Å²) in [5, 5.41) is 7.10. The van der Waals surface area contributed by atoms with Crippen LogP contribution < -0.4 is 29.5 Å². The highest BCUT2D eigenvalue weighted by Crippen LogP contribution is 2.51. The number of ether oxygens (including phenoxy) is 3. The van der Waals surface area contributed by atoms with Gasteiger partial charge < -0.3 is 23.9 Å². The van der Waals surface area contributed by atoms with Crippen molar-refractivity contribution in [2.75, 3.05) is 29.6 Å². The van der Waals surface area contributed by atoms with E-state index < -0.39 is 11.5 Å². The second-order valence-corrected chi connectivity index (χ2v) is 9.85. The van der Waals surface area contributed by atoms with Crippen LogP contribution in [0.2, 0.25) is 0 Å². The van der Waals surface area contributed by atoms with Gasteiger partial charge >= 0.3 is 5.97 Å². The summed E-state index contributed by atoms with van der Waals surface area (Å²) in [6, 6.07) is 18.4. The van der Waals surface area contributed by atoms with Gasteiger partial charge in [0.1, 0.15) is 34.7 Å². The second-order valence-electron chi connectivity index (χ2n) is 9.85. The topological polar surface area (TPSA) is 93.5 Å². The Morgan fingerprint density at radius 1 is 0.974 bits per heavy atom. The molecule has 9 heteroatoms. The van der Waals surface area contributed by atoms with E-state index in [4.69, 9.17) is 18.6 Å². The van der Waals surface area contributed by atoms with Crippen molar-refractivity contribution in [2.45, 2.75) is 25.9 Å². The number of rotatable bonds is 6. The van der Waals surface area contributed by atoms with Gasteiger partial charge in [0.05, 0.1) is 44.0 Å². The number of benzene rings is 3. The van der Waals surface area contributed by atoms with Crippen LogP contribution in [0.1, 0.15) is 29.8 Å². The molecule has 0 unspecified atom stereocenters. The summed E-state index contributed by atoms with van der Waals surface area (Å²) in [6.45, 7) is 4.18. The molecule has 2 aliphatic rings. The van der Waals surface area contributed by atoms with Gasteiger partial charge in [0, 0.05) is 17.2 Å². The minimum absolute atomic E-state index is 0.0784. The molecule has 0 spiro atoms. The summed E-state index contributed by atoms with van der Waals surface area (Å²) < 4.78 is 21.9. The Hall–Kier alpha value is -4.92. The van der Waals surface area contributed by atoms with Gasteiger partial charge in [-0.3, -0.25) is 9.80 Å². The summed E-state index contributed by atoms with van der Waals surface area (Å²) in [5.41, 5.74) is 4.60. The molecule has 0 fully saturated rings. The van der Waals surface area contributed by atoms with Crippen LogP contribution >= 0.6 is 0 Å². The van der Waals surface area contributed by atoms with E-state index in [1.165, 1.54) is 12.5 Å². The number of furan rings is 1. The monoisotopic (exact) mass is 525 g/mol. The zero-order chi connectivity index (χ0) is 27.3. The number of esters is 1. The summed E-state index contributed by atoms with van der Waals surface area (Å²) in [4.78, 5) is 26.2. The molecule has 9 nitrogen and oxygen atoms in total. The van der Waals surface area contributed by atoms with Crippen molar-refractivity contribution in [2.24, 2.45) is 0 Å². The van der Waals surface area contributed by atoms with Crippen molar-refractivity contribution in [3.63, 3.8) is 0 Å². The van der Waals surface area contributed by atoms with Crippen molar-refractivity contribution >= 4 is 28.9 Å². The lowest BCUT2D eigenvalue weighted by atomic mass is 9.93. The van der Waals surface area contributed by atoms with Crippen LogP contribution in [0, 0.1) is 0 Å². The fourth-order valence-corrected chi connectivity index (χ4v) is 5.14. The van der Waals surface area contributed by atoms with Gasteiger partial charge in [-0.05, 0) is 55.8 Å². The maximum atomic E-state index is 13.8. The molecule has 198 valence electrons. The van der Waals surface area contributed by atoms with Gasteiger partial charge in [0.25, 0.3) is 5.91 Å². The second kappa shape index (κ2) is 9.13. The molecular formula is C30H27N3O6. The van der Waals surface area contributed by atoms with E-state index in [-0.39, 0.29) is 5.91 Å². The maximum Gasteiger partial charge on any atom is 0.346 e. The number of amides is 1. The third kappa shape index (κ3) is 3.94. The summed E-state index contributed by atoms with van der Waals surface area (Å²) in [7, 11) is 3.19. The molecule has 1 amide bonds. The average Bonchev–Trinajstić information content (AvgIpc) is 3.61. The van der Waals surface area contributed by atoms with E-state index in [0.717, 1.165) is 33.8 Å². The summed E-state index contributed by atoms with van der Waals surface area (Å²) in [5.74, 6) is 0.930. The molecule has 0 saturated heterocycles. The molecule has 0 aliphatic carbocycles. The molecule has 3 aromatic carbocycles. The van der Waals surface area contributed by atoms with E-state index in [2.05, 4.69) is 5.32 Å². The molecule has 1 aromatic heterocycles. The molecular weight excluding hydrogens is 498 g/mol. The third-order valence-electron chi connectivity index (χ3n) is 7.01. The molecule has 0 bridgehead atoms. The van der Waals surface area contributed by atoms with Crippen LogP contribution in [0.3, 0.4) is 0 Å². The van der Waals surface area contributed by atoms with Crippen molar-refractivity contribution in [3.05, 3.63) is 84.3 Å². The highest BCUT2D eigenvalue weighted by atomic mass is 16.5. The lowest BCUT2D eigenvalue weighted by molar-refractivity contribution is -0.122. The number of para-hydroxylation sites is 2. The predicted molar refractivity (Wildman–Crippen MR) is 146 cm³/mol. The molecule has 0 saturated carbocycles. The molecule has 4 aromatic rings. The van der Waals surface area contributed by atoms with Gasteiger partial charge in [0.15, 0.2) is 0 Å². The van der Waals surface area contributed by atoms with Crippen molar-refractivity contribution in [3.8, 4) is 28.4 Å². The normalized spacial score (nSPS) is 15.0. The molecule has 39 heavy (non-hydrogen) atoms. The van der Waals surface area contributed by atoms with E-state index in [0.29, 0.717) is 29.4 Å². The van der Waals surface area contributed by atoms with E-state index in [1.807, 2.05) is 61.3 Å². The zero-order valence-corrected chi connectivity index (χ0v) is 22.0. The van der Waals surface area contributed by atoms with Crippen LogP contribution in [-0.2, 0) is 11.3 Å². The van der Waals surface area contributed by atoms with Crippen molar-refractivity contribution in [1.82, 2.24) is 0 Å². The predicted octanol–water partition coefficient (Wildman–Crippen LogP) is 5.66. The molecule has 6 rings (SSSR count). The first-order chi connectivity index (χ1) is 18.8. The van der Waals surface area contributed by atoms with Gasteiger partial charge in [-0.2, -0.15) is 0 Å². The SMILES string of the molecule is COc1cc(OC(=O)c2ccoc2)ccc1-c1ccc2c3c1CN(c1ccccc1OC)N3C(=O)C(C)(C)N2. The summed E-state index contributed by atoms with van der Waals surface area (Å²) >= 11 is 0. The Balaban J connectivity index is 1.45. The van der Waals surface area contributed by atoms with E-state index in [9.17, 15) is 9.59 Å². The van der Waals surface area contributed by atoms with E-state index in [1.54, 1.807) is 37.4 Å². The maximum absolute atomic E-state index is 13.8. The Labute approximate surface area is 225 Å². The molecule has 3 heterocycles. The summed E-state index contributed by atoms with van der Waals surface area (Å²) in [6.07, 6.45) is 2.75. The Morgan fingerprint density at radius 2 is 1.74 bits per heavy atom. The van der Waals surface area contributed by atoms with Crippen LogP contribution in [0.15, 0.2) is 77.6 Å². The molecule has 1 N–H and O–H groups in total. The number of nitrogens with zero attached hydrogens (tertiary/aromatic N) is 2. The lowest BCUT2D eigenvalue weighted by Gasteiger charge is -2.41. The number of methoxy groups -OCH3 is 2. The van der Waals surface area contributed by atoms with Crippen LogP contribution in [0.5, 0.6) is 17.2 Å². The van der Waals surface area contributed by atoms with Gasteiger partial charge in [-0.15, -0.1) is 0 Å².